The first-order chi connectivity index (χ1) is 43.6. The molecule has 486 valence electrons. The smallest absolute Gasteiger partial charge is 0.343 e. The maximum Gasteiger partial charge on any atom is 0.343 e. The van der Waals surface area contributed by atoms with E-state index >= 15 is 0 Å². The van der Waals surface area contributed by atoms with E-state index in [0.29, 0.717) is 155 Å². The summed E-state index contributed by atoms with van der Waals surface area (Å²) in [4.78, 5) is 56.3. The molecule has 0 unspecified atom stereocenters. The summed E-state index contributed by atoms with van der Waals surface area (Å²) in [6.07, 6.45) is 6.25. The molecular formula is C70H86O20. The van der Waals surface area contributed by atoms with Crippen molar-refractivity contribution >= 4 is 23.9 Å². The Hall–Kier alpha value is -7.14. The highest BCUT2D eigenvalue weighted by Crippen LogP contribution is 2.42. The second-order valence-electron chi connectivity index (χ2n) is 25.0. The SMILES string of the molecule is CC1(COCCCCOc2ccc(C(=O)Oc3cc(OC(=O)c4ccc(OCCCCOCC5(C)COC5)cc4)c(OC(=O)c4ccc(OCCCCOCC5(C)COC5)cc4)cc3OC(=O)c3ccc(OCCCCOCC4(C)COC4)cc3)cc2)COC1. The second kappa shape index (κ2) is 33.3. The van der Waals surface area contributed by atoms with Crippen LogP contribution in [-0.4, -0.2) is 156 Å². The molecule has 0 spiro atoms. The first-order valence-electron chi connectivity index (χ1n) is 31.2. The Labute approximate surface area is 527 Å². The number of rotatable bonds is 40. The van der Waals surface area contributed by atoms with Gasteiger partial charge in [-0.2, -0.15) is 0 Å². The quantitative estimate of drug-likeness (QED) is 0.0202. The van der Waals surface area contributed by atoms with Gasteiger partial charge < -0.3 is 75.8 Å². The summed E-state index contributed by atoms with van der Waals surface area (Å²) in [5.41, 5.74) is 0.808. The summed E-state index contributed by atoms with van der Waals surface area (Å²) in [5.74, 6) is -2.67. The number of carbonyl (C=O) groups excluding carboxylic acids is 4. The molecule has 4 saturated heterocycles. The molecule has 0 radical (unpaired) electrons. The van der Waals surface area contributed by atoms with Crippen molar-refractivity contribution in [1.29, 1.82) is 0 Å². The van der Waals surface area contributed by atoms with Crippen molar-refractivity contribution in [3.8, 4) is 46.0 Å². The van der Waals surface area contributed by atoms with Crippen LogP contribution >= 0.6 is 0 Å². The van der Waals surface area contributed by atoms with Gasteiger partial charge in [0.15, 0.2) is 23.0 Å². The largest absolute Gasteiger partial charge is 0.494 e. The van der Waals surface area contributed by atoms with Crippen LogP contribution in [0.15, 0.2) is 109 Å². The van der Waals surface area contributed by atoms with E-state index in [4.69, 9.17) is 75.8 Å². The molecule has 0 amide bonds. The van der Waals surface area contributed by atoms with Crippen molar-refractivity contribution in [2.24, 2.45) is 21.7 Å². The summed E-state index contributed by atoms with van der Waals surface area (Å²) < 4.78 is 92.3. The predicted molar refractivity (Wildman–Crippen MR) is 330 cm³/mol. The van der Waals surface area contributed by atoms with Crippen LogP contribution in [0.5, 0.6) is 46.0 Å². The molecule has 9 rings (SSSR count). The number of ether oxygens (including phenoxy) is 16. The van der Waals surface area contributed by atoms with E-state index in [1.807, 2.05) is 0 Å². The Bertz CT molecular complexity index is 2650. The van der Waals surface area contributed by atoms with Crippen LogP contribution in [0.3, 0.4) is 0 Å². The van der Waals surface area contributed by atoms with E-state index in [-0.39, 0.29) is 66.9 Å². The van der Waals surface area contributed by atoms with Crippen LogP contribution < -0.4 is 37.9 Å². The number of unbranched alkanes of at least 4 members (excludes halogenated alkanes) is 4. The molecule has 0 aromatic heterocycles. The molecule has 5 aromatic carbocycles. The van der Waals surface area contributed by atoms with Crippen LogP contribution in [0.25, 0.3) is 0 Å². The average Bonchev–Trinajstić information content (AvgIpc) is 0.990. The molecule has 0 bridgehead atoms. The molecule has 90 heavy (non-hydrogen) atoms. The van der Waals surface area contributed by atoms with Crippen molar-refractivity contribution in [3.05, 3.63) is 131 Å². The van der Waals surface area contributed by atoms with E-state index in [2.05, 4.69) is 27.7 Å². The van der Waals surface area contributed by atoms with Crippen LogP contribution in [0.2, 0.25) is 0 Å². The van der Waals surface area contributed by atoms with Crippen LogP contribution in [-0.2, 0) is 37.9 Å². The van der Waals surface area contributed by atoms with E-state index < -0.39 is 23.9 Å². The number of esters is 4. The zero-order chi connectivity index (χ0) is 63.1. The van der Waals surface area contributed by atoms with Crippen molar-refractivity contribution in [1.82, 2.24) is 0 Å². The predicted octanol–water partition coefficient (Wildman–Crippen LogP) is 11.4. The third kappa shape index (κ3) is 21.0. The summed E-state index contributed by atoms with van der Waals surface area (Å²) in [6.45, 7) is 21.0. The highest BCUT2D eigenvalue weighted by atomic mass is 16.6. The van der Waals surface area contributed by atoms with Crippen molar-refractivity contribution in [3.63, 3.8) is 0 Å². The highest BCUT2D eigenvalue weighted by Gasteiger charge is 2.36. The topological polar surface area (TPSA) is 216 Å². The van der Waals surface area contributed by atoms with Crippen molar-refractivity contribution < 1.29 is 95.0 Å². The standard InChI is InChI=1S/C70H86O20/c1-67(43-79-44-67)39-75-29-5-9-33-83-55-21-13-51(14-22-55)63(71)87-59-37-61(89-65(73)53-17-25-57(26-18-53)85-35-11-7-31-77-41-69(3)47-81-48-69)62(90-66(74)54-19-27-58(28-20-54)86-36-12-8-32-78-42-70(4)49-82-50-70)38-60(59)88-64(72)52-15-23-56(24-16-52)84-34-10-6-30-76-40-68(2)45-80-46-68/h13-28,37-38H,5-12,29-36,39-50H2,1-4H3. The number of benzene rings is 5. The molecule has 4 heterocycles. The molecule has 0 atom stereocenters. The molecule has 4 aliphatic rings. The molecular weight excluding hydrogens is 1160 g/mol. The minimum absolute atomic E-state index is 0.0840. The van der Waals surface area contributed by atoms with Crippen molar-refractivity contribution in [2.75, 3.05) is 132 Å². The Morgan fingerprint density at radius 2 is 0.489 bits per heavy atom. The lowest BCUT2D eigenvalue weighted by Crippen LogP contribution is -2.43. The highest BCUT2D eigenvalue weighted by molar-refractivity contribution is 5.96. The Morgan fingerprint density at radius 1 is 0.300 bits per heavy atom. The summed E-state index contributed by atoms with van der Waals surface area (Å²) in [7, 11) is 0. The first-order valence-corrected chi connectivity index (χ1v) is 31.2. The Kier molecular flexibility index (Phi) is 24.9. The van der Waals surface area contributed by atoms with Gasteiger partial charge >= 0.3 is 23.9 Å². The van der Waals surface area contributed by atoms with E-state index in [0.717, 1.165) is 63.5 Å². The van der Waals surface area contributed by atoms with Gasteiger partial charge in [0.1, 0.15) is 23.0 Å². The van der Waals surface area contributed by atoms with E-state index in [1.54, 1.807) is 48.5 Å². The number of hydrogen-bond acceptors (Lipinski definition) is 20. The van der Waals surface area contributed by atoms with Gasteiger partial charge in [-0.3, -0.25) is 0 Å². The van der Waals surface area contributed by atoms with Gasteiger partial charge in [0, 0.05) is 60.2 Å². The summed E-state index contributed by atoms with van der Waals surface area (Å²) in [6, 6.07) is 27.7. The fraction of sp³-hybridized carbons (Fsp3) is 0.514. The maximum atomic E-state index is 14.1. The minimum Gasteiger partial charge on any atom is -0.494 e. The van der Waals surface area contributed by atoms with Gasteiger partial charge in [0.25, 0.3) is 0 Å². The van der Waals surface area contributed by atoms with Crippen LogP contribution in [0, 0.1) is 21.7 Å². The lowest BCUT2D eigenvalue weighted by Gasteiger charge is -2.37. The third-order valence-corrected chi connectivity index (χ3v) is 15.4. The summed E-state index contributed by atoms with van der Waals surface area (Å²) in [5, 5.41) is 0. The second-order valence-corrected chi connectivity index (χ2v) is 25.0. The Balaban J connectivity index is 0.881. The van der Waals surface area contributed by atoms with Crippen LogP contribution in [0.1, 0.15) is 120 Å². The van der Waals surface area contributed by atoms with Gasteiger partial charge in [-0.1, -0.05) is 27.7 Å². The Morgan fingerprint density at radius 3 is 0.667 bits per heavy atom. The fourth-order valence-electron chi connectivity index (χ4n) is 9.62. The average molecular weight is 1250 g/mol. The van der Waals surface area contributed by atoms with E-state index in [9.17, 15) is 19.2 Å². The van der Waals surface area contributed by atoms with Crippen molar-refractivity contribution in [2.45, 2.75) is 79.1 Å². The van der Waals surface area contributed by atoms with Crippen LogP contribution in [0.4, 0.5) is 0 Å². The molecule has 5 aromatic rings. The number of hydrogen-bond donors (Lipinski definition) is 0. The molecule has 0 aliphatic carbocycles. The van der Waals surface area contributed by atoms with Gasteiger partial charge in [-0.05, 0) is 148 Å². The minimum atomic E-state index is -0.857. The van der Waals surface area contributed by atoms with Gasteiger partial charge in [0.2, 0.25) is 0 Å². The molecule has 20 heteroatoms. The monoisotopic (exact) mass is 1250 g/mol. The zero-order valence-electron chi connectivity index (χ0n) is 52.4. The first kappa shape index (κ1) is 67.3. The van der Waals surface area contributed by atoms with E-state index in [1.165, 1.54) is 48.5 Å². The lowest BCUT2D eigenvalue weighted by molar-refractivity contribution is -0.138. The van der Waals surface area contributed by atoms with Gasteiger partial charge in [-0.25, -0.2) is 19.2 Å². The molecule has 0 N–H and O–H groups in total. The lowest BCUT2D eigenvalue weighted by atomic mass is 9.90. The summed E-state index contributed by atoms with van der Waals surface area (Å²) >= 11 is 0. The third-order valence-electron chi connectivity index (χ3n) is 15.4. The van der Waals surface area contributed by atoms with Gasteiger partial charge in [-0.15, -0.1) is 0 Å². The molecule has 0 saturated carbocycles. The zero-order valence-corrected chi connectivity index (χ0v) is 52.4. The molecule has 4 aliphatic heterocycles. The fourth-order valence-corrected chi connectivity index (χ4v) is 9.62. The maximum absolute atomic E-state index is 14.1. The molecule has 20 nitrogen and oxygen atoms in total. The van der Waals surface area contributed by atoms with Gasteiger partial charge in [0.05, 0.1) is 128 Å². The number of carbonyl (C=O) groups is 4. The molecule has 4 fully saturated rings. The normalized spacial score (nSPS) is 16.4.